The van der Waals surface area contributed by atoms with Gasteiger partial charge in [0.15, 0.2) is 5.82 Å². The van der Waals surface area contributed by atoms with Crippen LogP contribution in [0.4, 0.5) is 13.2 Å². The van der Waals surface area contributed by atoms with Gasteiger partial charge in [0.1, 0.15) is 16.7 Å². The van der Waals surface area contributed by atoms with Crippen LogP contribution in [-0.4, -0.2) is 13.1 Å². The molecule has 0 radical (unpaired) electrons. The van der Waals surface area contributed by atoms with E-state index in [9.17, 15) is 13.2 Å². The summed E-state index contributed by atoms with van der Waals surface area (Å²) in [6.07, 6.45) is 2.16. The van der Waals surface area contributed by atoms with Crippen LogP contribution in [0, 0.1) is 23.4 Å². The maximum Gasteiger partial charge on any atom is 0.150 e. The molecule has 0 spiro atoms. The smallest absolute Gasteiger partial charge is 0.150 e. The Morgan fingerprint density at radius 3 is 2.71 bits per heavy atom. The van der Waals surface area contributed by atoms with E-state index in [1.54, 1.807) is 0 Å². The van der Waals surface area contributed by atoms with Crippen molar-refractivity contribution in [2.75, 3.05) is 13.1 Å². The standard InChI is InChI=1S/C12H13ClF3N/c13-11-10(15)5-9(14)8(12(11)16)4-7-2-1-3-17-6-7/h5,7,17H,1-4,6H2. The molecule has 1 unspecified atom stereocenters. The van der Waals surface area contributed by atoms with Crippen molar-refractivity contribution in [1.82, 2.24) is 5.32 Å². The second kappa shape index (κ2) is 5.27. The van der Waals surface area contributed by atoms with Gasteiger partial charge in [-0.15, -0.1) is 0 Å². The highest BCUT2D eigenvalue weighted by Crippen LogP contribution is 2.27. The fourth-order valence-corrected chi connectivity index (χ4v) is 2.35. The number of hydrogen-bond acceptors (Lipinski definition) is 1. The van der Waals surface area contributed by atoms with E-state index < -0.39 is 22.5 Å². The number of benzene rings is 1. The van der Waals surface area contributed by atoms with Crippen molar-refractivity contribution in [2.45, 2.75) is 19.3 Å². The van der Waals surface area contributed by atoms with Gasteiger partial charge in [-0.2, -0.15) is 0 Å². The molecular formula is C12H13ClF3N. The summed E-state index contributed by atoms with van der Waals surface area (Å²) in [4.78, 5) is 0. The summed E-state index contributed by atoms with van der Waals surface area (Å²) < 4.78 is 40.1. The molecule has 1 atom stereocenters. The molecular weight excluding hydrogens is 251 g/mol. The van der Waals surface area contributed by atoms with Crippen LogP contribution in [0.2, 0.25) is 5.02 Å². The van der Waals surface area contributed by atoms with E-state index in [2.05, 4.69) is 5.32 Å². The maximum atomic E-state index is 13.6. The molecule has 17 heavy (non-hydrogen) atoms. The lowest BCUT2D eigenvalue weighted by Gasteiger charge is -2.23. The predicted octanol–water partition coefficient (Wildman–Crippen LogP) is 3.30. The summed E-state index contributed by atoms with van der Waals surface area (Å²) in [5.74, 6) is -2.69. The topological polar surface area (TPSA) is 12.0 Å². The Morgan fingerprint density at radius 2 is 2.06 bits per heavy atom. The Kier molecular flexibility index (Phi) is 3.94. The Balaban J connectivity index is 2.22. The van der Waals surface area contributed by atoms with Crippen molar-refractivity contribution in [2.24, 2.45) is 5.92 Å². The summed E-state index contributed by atoms with van der Waals surface area (Å²) in [5.41, 5.74) is -0.106. The first-order valence-corrected chi connectivity index (χ1v) is 6.00. The summed E-state index contributed by atoms with van der Waals surface area (Å²) in [6, 6.07) is 0.650. The van der Waals surface area contributed by atoms with Gasteiger partial charge in [0, 0.05) is 11.6 Å². The van der Waals surface area contributed by atoms with Crippen LogP contribution in [0.25, 0.3) is 0 Å². The van der Waals surface area contributed by atoms with Crippen LogP contribution in [-0.2, 0) is 6.42 Å². The zero-order valence-corrected chi connectivity index (χ0v) is 9.96. The summed E-state index contributed by atoms with van der Waals surface area (Å²) in [6.45, 7) is 1.67. The first kappa shape index (κ1) is 12.7. The maximum absolute atomic E-state index is 13.6. The van der Waals surface area contributed by atoms with Crippen molar-refractivity contribution in [1.29, 1.82) is 0 Å². The number of piperidine rings is 1. The molecule has 1 saturated heterocycles. The molecule has 1 aromatic carbocycles. The monoisotopic (exact) mass is 263 g/mol. The van der Waals surface area contributed by atoms with E-state index in [0.29, 0.717) is 6.07 Å². The first-order valence-electron chi connectivity index (χ1n) is 5.62. The zero-order valence-electron chi connectivity index (χ0n) is 9.20. The van der Waals surface area contributed by atoms with E-state index >= 15 is 0 Å². The summed E-state index contributed by atoms with van der Waals surface area (Å²) in [5, 5.41) is 2.55. The van der Waals surface area contributed by atoms with E-state index in [0.717, 1.165) is 25.9 Å². The highest BCUT2D eigenvalue weighted by Gasteiger charge is 2.21. The van der Waals surface area contributed by atoms with Gasteiger partial charge in [-0.25, -0.2) is 13.2 Å². The number of halogens is 4. The molecule has 5 heteroatoms. The lowest BCUT2D eigenvalue weighted by Crippen LogP contribution is -2.31. The van der Waals surface area contributed by atoms with Crippen LogP contribution >= 0.6 is 11.6 Å². The molecule has 0 aromatic heterocycles. The highest BCUT2D eigenvalue weighted by atomic mass is 35.5. The van der Waals surface area contributed by atoms with Crippen molar-refractivity contribution in [3.63, 3.8) is 0 Å². The van der Waals surface area contributed by atoms with Gasteiger partial charge in [0.2, 0.25) is 0 Å². The lowest BCUT2D eigenvalue weighted by molar-refractivity contribution is 0.366. The molecule has 1 nitrogen and oxygen atoms in total. The van der Waals surface area contributed by atoms with E-state index in [1.165, 1.54) is 0 Å². The van der Waals surface area contributed by atoms with Crippen LogP contribution in [0.5, 0.6) is 0 Å². The quantitative estimate of drug-likeness (QED) is 0.638. The van der Waals surface area contributed by atoms with Gasteiger partial charge in [-0.3, -0.25) is 0 Å². The van der Waals surface area contributed by atoms with Gasteiger partial charge < -0.3 is 5.32 Å². The third-order valence-corrected chi connectivity index (χ3v) is 3.45. The Hall–Kier alpha value is -0.740. The second-order valence-corrected chi connectivity index (χ2v) is 4.74. The minimum Gasteiger partial charge on any atom is -0.316 e. The Labute approximate surface area is 103 Å². The molecule has 1 heterocycles. The molecule has 0 amide bonds. The molecule has 0 bridgehead atoms. The van der Waals surface area contributed by atoms with Crippen LogP contribution in [0.15, 0.2) is 6.07 Å². The Morgan fingerprint density at radius 1 is 1.29 bits per heavy atom. The highest BCUT2D eigenvalue weighted by molar-refractivity contribution is 6.30. The molecule has 1 aromatic rings. The first-order chi connectivity index (χ1) is 8.09. The third-order valence-electron chi connectivity index (χ3n) is 3.10. The van der Waals surface area contributed by atoms with E-state index in [-0.39, 0.29) is 17.9 Å². The van der Waals surface area contributed by atoms with Gasteiger partial charge in [0.25, 0.3) is 0 Å². The fourth-order valence-electron chi connectivity index (χ4n) is 2.18. The molecule has 1 N–H and O–H groups in total. The van der Waals surface area contributed by atoms with E-state index in [1.807, 2.05) is 0 Å². The molecule has 0 aliphatic carbocycles. The zero-order chi connectivity index (χ0) is 12.4. The normalized spacial score (nSPS) is 20.6. The SMILES string of the molecule is Fc1cc(F)c(CC2CCCNC2)c(F)c1Cl. The summed E-state index contributed by atoms with van der Waals surface area (Å²) >= 11 is 5.44. The van der Waals surface area contributed by atoms with Gasteiger partial charge in [-0.1, -0.05) is 11.6 Å². The van der Waals surface area contributed by atoms with Crippen molar-refractivity contribution in [3.8, 4) is 0 Å². The Bertz CT molecular complexity index is 417. The number of hydrogen-bond donors (Lipinski definition) is 1. The average Bonchev–Trinajstić information content (AvgIpc) is 2.33. The van der Waals surface area contributed by atoms with Gasteiger partial charge in [-0.05, 0) is 38.3 Å². The minimum absolute atomic E-state index is 0.106. The van der Waals surface area contributed by atoms with Crippen molar-refractivity contribution < 1.29 is 13.2 Å². The largest absolute Gasteiger partial charge is 0.316 e. The molecule has 2 rings (SSSR count). The number of rotatable bonds is 2. The summed E-state index contributed by atoms with van der Waals surface area (Å²) in [7, 11) is 0. The molecule has 94 valence electrons. The van der Waals surface area contributed by atoms with Crippen LogP contribution in [0.3, 0.4) is 0 Å². The lowest BCUT2D eigenvalue weighted by atomic mass is 9.92. The van der Waals surface area contributed by atoms with Crippen LogP contribution < -0.4 is 5.32 Å². The predicted molar refractivity (Wildman–Crippen MR) is 60.6 cm³/mol. The minimum atomic E-state index is -1.05. The number of nitrogens with one attached hydrogen (secondary N) is 1. The average molecular weight is 264 g/mol. The van der Waals surface area contributed by atoms with Crippen molar-refractivity contribution >= 4 is 11.6 Å². The molecule has 1 aliphatic heterocycles. The second-order valence-electron chi connectivity index (χ2n) is 4.36. The van der Waals surface area contributed by atoms with Gasteiger partial charge in [0.05, 0.1) is 0 Å². The van der Waals surface area contributed by atoms with E-state index in [4.69, 9.17) is 11.6 Å². The third kappa shape index (κ3) is 2.75. The molecule has 0 saturated carbocycles. The van der Waals surface area contributed by atoms with Crippen molar-refractivity contribution in [3.05, 3.63) is 34.1 Å². The molecule has 1 aliphatic rings. The fraction of sp³-hybridized carbons (Fsp3) is 0.500. The van der Waals surface area contributed by atoms with Crippen LogP contribution in [0.1, 0.15) is 18.4 Å². The molecule has 1 fully saturated rings. The van der Waals surface area contributed by atoms with Gasteiger partial charge >= 0.3 is 0 Å².